The van der Waals surface area contributed by atoms with E-state index in [4.69, 9.17) is 9.84 Å². The molecule has 2 rings (SSSR count). The largest absolute Gasteiger partial charge is 0.493 e. The van der Waals surface area contributed by atoms with E-state index in [1.807, 2.05) is 18.2 Å². The van der Waals surface area contributed by atoms with Crippen LogP contribution in [0.5, 0.6) is 5.75 Å². The van der Waals surface area contributed by atoms with E-state index >= 15 is 0 Å². The van der Waals surface area contributed by atoms with Gasteiger partial charge in [0.05, 0.1) is 13.2 Å². The first-order chi connectivity index (χ1) is 13.4. The molecule has 1 amide bonds. The van der Waals surface area contributed by atoms with Crippen molar-refractivity contribution < 1.29 is 19.4 Å². The molecular formula is C22H34N2O4. The summed E-state index contributed by atoms with van der Waals surface area (Å²) in [6.07, 6.45) is 4.55. The van der Waals surface area contributed by atoms with Crippen molar-refractivity contribution in [2.45, 2.75) is 58.9 Å². The zero-order valence-corrected chi connectivity index (χ0v) is 17.2. The van der Waals surface area contributed by atoms with E-state index in [9.17, 15) is 9.59 Å². The van der Waals surface area contributed by atoms with Crippen LogP contribution in [-0.4, -0.2) is 48.1 Å². The van der Waals surface area contributed by atoms with Crippen molar-refractivity contribution in [2.75, 3.05) is 26.2 Å². The number of amides is 1. The maximum atomic E-state index is 12.3. The van der Waals surface area contributed by atoms with Crippen molar-refractivity contribution in [3.8, 4) is 5.75 Å². The van der Waals surface area contributed by atoms with Crippen molar-refractivity contribution >= 4 is 11.9 Å². The molecule has 28 heavy (non-hydrogen) atoms. The van der Waals surface area contributed by atoms with Crippen LogP contribution in [-0.2, 0) is 22.6 Å². The Morgan fingerprint density at radius 1 is 1.25 bits per heavy atom. The van der Waals surface area contributed by atoms with Crippen LogP contribution < -0.4 is 10.1 Å². The Labute approximate surface area is 168 Å². The lowest BCUT2D eigenvalue weighted by atomic mass is 10.0. The van der Waals surface area contributed by atoms with E-state index in [1.54, 1.807) is 0 Å². The maximum absolute atomic E-state index is 12.3. The number of carbonyl (C=O) groups excluding carboxylic acids is 1. The first-order valence-corrected chi connectivity index (χ1v) is 10.4. The number of rotatable bonds is 6. The number of benzene rings is 1. The highest BCUT2D eigenvalue weighted by Crippen LogP contribution is 2.24. The zero-order valence-electron chi connectivity index (χ0n) is 17.2. The molecule has 0 bridgehead atoms. The fourth-order valence-corrected chi connectivity index (χ4v) is 3.27. The molecule has 1 aliphatic heterocycles. The highest BCUT2D eigenvalue weighted by atomic mass is 16.5. The summed E-state index contributed by atoms with van der Waals surface area (Å²) in [4.78, 5) is 25.4. The van der Waals surface area contributed by atoms with Gasteiger partial charge in [0.1, 0.15) is 5.75 Å². The molecule has 0 atom stereocenters. The number of nitrogens with zero attached hydrogens (tertiary/aromatic N) is 1. The summed E-state index contributed by atoms with van der Waals surface area (Å²) in [5.74, 6) is 0.668. The van der Waals surface area contributed by atoms with Gasteiger partial charge in [-0.2, -0.15) is 0 Å². The van der Waals surface area contributed by atoms with Crippen LogP contribution in [0.4, 0.5) is 0 Å². The van der Waals surface area contributed by atoms with Gasteiger partial charge in [-0.3, -0.25) is 14.5 Å². The second-order valence-corrected chi connectivity index (χ2v) is 7.99. The summed E-state index contributed by atoms with van der Waals surface area (Å²) < 4.78 is 6.03. The lowest BCUT2D eigenvalue weighted by Crippen LogP contribution is -2.38. The highest BCUT2D eigenvalue weighted by Gasteiger charge is 2.16. The number of ether oxygens (including phenoxy) is 1. The predicted octanol–water partition coefficient (Wildman–Crippen LogP) is 3.23. The van der Waals surface area contributed by atoms with Gasteiger partial charge < -0.3 is 15.2 Å². The Morgan fingerprint density at radius 2 is 2.07 bits per heavy atom. The molecule has 1 aliphatic rings. The molecule has 0 saturated heterocycles. The third kappa shape index (κ3) is 8.30. The summed E-state index contributed by atoms with van der Waals surface area (Å²) in [6, 6.07) is 5.94. The molecule has 0 fully saturated rings. The van der Waals surface area contributed by atoms with Crippen molar-refractivity contribution in [1.29, 1.82) is 0 Å². The quantitative estimate of drug-likeness (QED) is 0.780. The number of hydrogen-bond donors (Lipinski definition) is 2. The highest BCUT2D eigenvalue weighted by molar-refractivity contribution is 5.78. The van der Waals surface area contributed by atoms with E-state index in [0.29, 0.717) is 38.6 Å². The van der Waals surface area contributed by atoms with Gasteiger partial charge in [0.25, 0.3) is 0 Å². The molecule has 0 saturated carbocycles. The smallest absolute Gasteiger partial charge is 0.303 e. The molecule has 0 aliphatic carbocycles. The summed E-state index contributed by atoms with van der Waals surface area (Å²) in [5.41, 5.74) is 2.01. The third-order valence-corrected chi connectivity index (χ3v) is 4.94. The van der Waals surface area contributed by atoms with E-state index in [-0.39, 0.29) is 12.3 Å². The summed E-state index contributed by atoms with van der Waals surface area (Å²) in [7, 11) is 0. The molecule has 0 unspecified atom stereocenters. The fraction of sp³-hybridized carbons (Fsp3) is 0.636. The van der Waals surface area contributed by atoms with Crippen molar-refractivity contribution in [3.05, 3.63) is 29.3 Å². The van der Waals surface area contributed by atoms with Gasteiger partial charge in [0, 0.05) is 25.1 Å². The number of carboxylic acids is 1. The number of hydrogen-bond acceptors (Lipinski definition) is 4. The minimum atomic E-state index is -0.796. The zero-order chi connectivity index (χ0) is 20.4. The normalized spacial score (nSPS) is 16.9. The summed E-state index contributed by atoms with van der Waals surface area (Å²) >= 11 is 0. The number of fused-ring (bicyclic) bond motifs is 1. The standard InChI is InChI=1S/C22H34N2O4/c1-17(2)10-12-24-15-19-14-18(7-9-22(26)27)6-8-20(19)28-13-5-3-4-11-23-21(25)16-24/h6,8,14,17H,3-5,7,9-13,15-16H2,1-2H3,(H,23,25)(H,26,27). The van der Waals surface area contributed by atoms with Crippen LogP contribution in [0.2, 0.25) is 0 Å². The van der Waals surface area contributed by atoms with Gasteiger partial charge >= 0.3 is 5.97 Å². The van der Waals surface area contributed by atoms with Crippen molar-refractivity contribution in [1.82, 2.24) is 10.2 Å². The fourth-order valence-electron chi connectivity index (χ4n) is 3.27. The van der Waals surface area contributed by atoms with Crippen molar-refractivity contribution in [2.24, 2.45) is 5.92 Å². The molecule has 0 aromatic heterocycles. The Morgan fingerprint density at radius 3 is 2.82 bits per heavy atom. The molecule has 0 radical (unpaired) electrons. The summed E-state index contributed by atoms with van der Waals surface area (Å²) in [6.45, 7) is 7.56. The molecule has 1 aromatic rings. The second kappa shape index (κ2) is 11.7. The lowest BCUT2D eigenvalue weighted by molar-refractivity contribution is -0.137. The van der Waals surface area contributed by atoms with Crippen molar-refractivity contribution in [3.63, 3.8) is 0 Å². The Bertz CT molecular complexity index is 645. The first-order valence-electron chi connectivity index (χ1n) is 10.4. The second-order valence-electron chi connectivity index (χ2n) is 7.99. The van der Waals surface area contributed by atoms with E-state index < -0.39 is 5.97 Å². The van der Waals surface area contributed by atoms with Crippen LogP contribution in [0.15, 0.2) is 18.2 Å². The van der Waals surface area contributed by atoms with Crippen LogP contribution >= 0.6 is 0 Å². The average molecular weight is 391 g/mol. The van der Waals surface area contributed by atoms with E-state index in [2.05, 4.69) is 24.1 Å². The Hall–Kier alpha value is -2.08. The van der Waals surface area contributed by atoms with Gasteiger partial charge in [-0.05, 0) is 56.2 Å². The van der Waals surface area contributed by atoms with Gasteiger partial charge in [0.2, 0.25) is 5.91 Å². The maximum Gasteiger partial charge on any atom is 0.303 e. The topological polar surface area (TPSA) is 78.9 Å². The Balaban J connectivity index is 2.21. The number of aliphatic carboxylic acids is 1. The Kier molecular flexibility index (Phi) is 9.28. The predicted molar refractivity (Wildman–Crippen MR) is 109 cm³/mol. The molecule has 2 N–H and O–H groups in total. The number of aryl methyl sites for hydroxylation is 1. The van der Waals surface area contributed by atoms with Gasteiger partial charge in [-0.15, -0.1) is 0 Å². The monoisotopic (exact) mass is 390 g/mol. The van der Waals surface area contributed by atoms with E-state index in [1.165, 1.54) is 0 Å². The molecular weight excluding hydrogens is 356 g/mol. The number of carboxylic acid groups (broad SMARTS) is 1. The molecule has 6 heteroatoms. The molecule has 1 aromatic carbocycles. The SMILES string of the molecule is CC(C)CCN1CC(=O)NCCCCCOc2ccc(CCC(=O)O)cc2C1. The summed E-state index contributed by atoms with van der Waals surface area (Å²) in [5, 5.41) is 12.0. The molecule has 6 nitrogen and oxygen atoms in total. The van der Waals surface area contributed by atoms with Gasteiger partial charge in [0.15, 0.2) is 0 Å². The van der Waals surface area contributed by atoms with Gasteiger partial charge in [-0.25, -0.2) is 0 Å². The molecule has 156 valence electrons. The van der Waals surface area contributed by atoms with Crippen LogP contribution in [0.3, 0.4) is 0 Å². The van der Waals surface area contributed by atoms with Crippen LogP contribution in [0.25, 0.3) is 0 Å². The van der Waals surface area contributed by atoms with Gasteiger partial charge in [-0.1, -0.05) is 26.0 Å². The minimum Gasteiger partial charge on any atom is -0.493 e. The lowest BCUT2D eigenvalue weighted by Gasteiger charge is -2.24. The molecule has 0 spiro atoms. The van der Waals surface area contributed by atoms with Crippen LogP contribution in [0.1, 0.15) is 57.1 Å². The number of carbonyl (C=O) groups is 2. The van der Waals surface area contributed by atoms with E-state index in [0.717, 1.165) is 49.1 Å². The first kappa shape index (κ1) is 22.2. The number of nitrogens with one attached hydrogen (secondary N) is 1. The minimum absolute atomic E-state index is 0.0625. The molecule has 1 heterocycles. The van der Waals surface area contributed by atoms with Crippen LogP contribution in [0, 0.1) is 5.92 Å². The average Bonchev–Trinajstić information content (AvgIpc) is 2.65. The third-order valence-electron chi connectivity index (χ3n) is 4.94.